The fourth-order valence-electron chi connectivity index (χ4n) is 3.11. The number of amides is 1. The van der Waals surface area contributed by atoms with Crippen molar-refractivity contribution in [1.82, 2.24) is 16.0 Å². The highest BCUT2D eigenvalue weighted by Gasteiger charge is 2.20. The van der Waals surface area contributed by atoms with Crippen LogP contribution in [0.5, 0.6) is 0 Å². The van der Waals surface area contributed by atoms with Crippen LogP contribution in [0.2, 0.25) is 5.02 Å². The van der Waals surface area contributed by atoms with Crippen LogP contribution in [0.1, 0.15) is 37.7 Å². The minimum Gasteiger partial charge on any atom is -0.356 e. The molecule has 0 unspecified atom stereocenters. The van der Waals surface area contributed by atoms with E-state index in [-0.39, 0.29) is 35.8 Å². The second kappa shape index (κ2) is 13.2. The SMILES string of the molecule is CN=C(NCCNC(=O)C1CCCCC1)NCCc1ccccc1Cl.I. The number of halogens is 2. The maximum Gasteiger partial charge on any atom is 0.223 e. The molecule has 2 rings (SSSR count). The van der Waals surface area contributed by atoms with Gasteiger partial charge in [0, 0.05) is 37.6 Å². The van der Waals surface area contributed by atoms with E-state index in [1.807, 2.05) is 24.3 Å². The minimum absolute atomic E-state index is 0. The third kappa shape index (κ3) is 8.12. The zero-order valence-electron chi connectivity index (χ0n) is 15.4. The number of benzene rings is 1. The van der Waals surface area contributed by atoms with E-state index >= 15 is 0 Å². The van der Waals surface area contributed by atoms with Gasteiger partial charge in [-0.05, 0) is 30.9 Å². The van der Waals surface area contributed by atoms with Gasteiger partial charge in [0.25, 0.3) is 0 Å². The Balaban J connectivity index is 0.00000338. The number of hydrogen-bond acceptors (Lipinski definition) is 2. The lowest BCUT2D eigenvalue weighted by Crippen LogP contribution is -2.43. The molecule has 1 aromatic rings. The molecule has 0 atom stereocenters. The first-order valence-corrected chi connectivity index (χ1v) is 9.54. The Morgan fingerprint density at radius 2 is 1.73 bits per heavy atom. The van der Waals surface area contributed by atoms with Gasteiger partial charge < -0.3 is 16.0 Å². The summed E-state index contributed by atoms with van der Waals surface area (Å²) in [5, 5.41) is 10.3. The highest BCUT2D eigenvalue weighted by Crippen LogP contribution is 2.23. The summed E-state index contributed by atoms with van der Waals surface area (Å²) in [6.07, 6.45) is 6.52. The molecule has 5 nitrogen and oxygen atoms in total. The van der Waals surface area contributed by atoms with Crippen LogP contribution in [0.4, 0.5) is 0 Å². The molecule has 1 amide bonds. The minimum atomic E-state index is 0. The monoisotopic (exact) mass is 492 g/mol. The predicted molar refractivity (Wildman–Crippen MR) is 120 cm³/mol. The van der Waals surface area contributed by atoms with Gasteiger partial charge in [0.05, 0.1) is 0 Å². The summed E-state index contributed by atoms with van der Waals surface area (Å²) in [5.41, 5.74) is 1.12. The molecule has 0 bridgehead atoms. The van der Waals surface area contributed by atoms with Crippen LogP contribution in [0.15, 0.2) is 29.3 Å². The van der Waals surface area contributed by atoms with E-state index in [4.69, 9.17) is 11.6 Å². The molecule has 26 heavy (non-hydrogen) atoms. The molecular formula is C19H30ClIN4O. The quantitative estimate of drug-likeness (QED) is 0.237. The zero-order chi connectivity index (χ0) is 17.9. The zero-order valence-corrected chi connectivity index (χ0v) is 18.5. The third-order valence-corrected chi connectivity index (χ3v) is 4.93. The van der Waals surface area contributed by atoms with Crippen LogP contribution in [0.25, 0.3) is 0 Å². The molecule has 1 saturated carbocycles. The smallest absolute Gasteiger partial charge is 0.223 e. The van der Waals surface area contributed by atoms with Gasteiger partial charge in [-0.15, -0.1) is 24.0 Å². The maximum absolute atomic E-state index is 12.1. The molecule has 7 heteroatoms. The maximum atomic E-state index is 12.1. The van der Waals surface area contributed by atoms with Crippen LogP contribution >= 0.6 is 35.6 Å². The Morgan fingerprint density at radius 3 is 2.42 bits per heavy atom. The first kappa shape index (κ1) is 23.0. The summed E-state index contributed by atoms with van der Waals surface area (Å²) in [4.78, 5) is 16.3. The van der Waals surface area contributed by atoms with Crippen LogP contribution in [-0.4, -0.2) is 38.5 Å². The van der Waals surface area contributed by atoms with Crippen molar-refractivity contribution < 1.29 is 4.79 Å². The number of carbonyl (C=O) groups is 1. The van der Waals surface area contributed by atoms with Crippen molar-refractivity contribution in [3.63, 3.8) is 0 Å². The van der Waals surface area contributed by atoms with Crippen molar-refractivity contribution >= 4 is 47.4 Å². The molecular weight excluding hydrogens is 463 g/mol. The van der Waals surface area contributed by atoms with Crippen molar-refractivity contribution in [2.45, 2.75) is 38.5 Å². The first-order valence-electron chi connectivity index (χ1n) is 9.16. The van der Waals surface area contributed by atoms with Gasteiger partial charge in [0.1, 0.15) is 0 Å². The Kier molecular flexibility index (Phi) is 11.7. The highest BCUT2D eigenvalue weighted by molar-refractivity contribution is 14.0. The van der Waals surface area contributed by atoms with E-state index in [1.165, 1.54) is 19.3 Å². The Hall–Kier alpha value is -1.02. The summed E-state index contributed by atoms with van der Waals surface area (Å²) in [5.74, 6) is 1.14. The van der Waals surface area contributed by atoms with Crippen LogP contribution in [0.3, 0.4) is 0 Å². The summed E-state index contributed by atoms with van der Waals surface area (Å²) < 4.78 is 0. The average Bonchev–Trinajstić information content (AvgIpc) is 2.65. The molecule has 0 radical (unpaired) electrons. The molecule has 146 valence electrons. The molecule has 1 fully saturated rings. The second-order valence-corrected chi connectivity index (χ2v) is 6.80. The summed E-state index contributed by atoms with van der Waals surface area (Å²) in [6.45, 7) is 2.02. The lowest BCUT2D eigenvalue weighted by molar-refractivity contribution is -0.125. The fourth-order valence-corrected chi connectivity index (χ4v) is 3.34. The van der Waals surface area contributed by atoms with Crippen LogP contribution in [-0.2, 0) is 11.2 Å². The van der Waals surface area contributed by atoms with Crippen LogP contribution in [0, 0.1) is 5.92 Å². The lowest BCUT2D eigenvalue weighted by atomic mass is 9.89. The summed E-state index contributed by atoms with van der Waals surface area (Å²) in [6, 6.07) is 7.85. The number of carbonyl (C=O) groups excluding carboxylic acids is 1. The predicted octanol–water partition coefficient (Wildman–Crippen LogP) is 3.36. The van der Waals surface area contributed by atoms with Crippen LogP contribution < -0.4 is 16.0 Å². The molecule has 1 aliphatic rings. The fraction of sp³-hybridized carbons (Fsp3) is 0.579. The van der Waals surface area contributed by atoms with Gasteiger partial charge in [-0.25, -0.2) is 0 Å². The topological polar surface area (TPSA) is 65.5 Å². The summed E-state index contributed by atoms with van der Waals surface area (Å²) >= 11 is 6.16. The number of nitrogens with zero attached hydrogens (tertiary/aromatic N) is 1. The van der Waals surface area contributed by atoms with Crippen molar-refractivity contribution in [2.75, 3.05) is 26.7 Å². The molecule has 0 saturated heterocycles. The Bertz CT molecular complexity index is 576. The molecule has 1 aliphatic carbocycles. The molecule has 0 aliphatic heterocycles. The Morgan fingerprint density at radius 1 is 1.08 bits per heavy atom. The number of rotatable bonds is 7. The van der Waals surface area contributed by atoms with Crippen molar-refractivity contribution in [1.29, 1.82) is 0 Å². The van der Waals surface area contributed by atoms with E-state index in [1.54, 1.807) is 7.05 Å². The van der Waals surface area contributed by atoms with Gasteiger partial charge in [-0.2, -0.15) is 0 Å². The lowest BCUT2D eigenvalue weighted by Gasteiger charge is -2.21. The molecule has 0 spiro atoms. The van der Waals surface area contributed by atoms with Gasteiger partial charge in [-0.1, -0.05) is 49.1 Å². The molecule has 0 heterocycles. The van der Waals surface area contributed by atoms with Gasteiger partial charge >= 0.3 is 0 Å². The van der Waals surface area contributed by atoms with Gasteiger partial charge in [-0.3, -0.25) is 9.79 Å². The molecule has 1 aromatic carbocycles. The average molecular weight is 493 g/mol. The van der Waals surface area contributed by atoms with E-state index in [0.29, 0.717) is 13.1 Å². The Labute approximate surface area is 178 Å². The third-order valence-electron chi connectivity index (χ3n) is 4.56. The number of guanidine groups is 1. The second-order valence-electron chi connectivity index (χ2n) is 6.39. The first-order chi connectivity index (χ1) is 12.2. The van der Waals surface area contributed by atoms with E-state index < -0.39 is 0 Å². The highest BCUT2D eigenvalue weighted by atomic mass is 127. The van der Waals surface area contributed by atoms with Gasteiger partial charge in [0.15, 0.2) is 5.96 Å². The number of nitrogens with one attached hydrogen (secondary N) is 3. The largest absolute Gasteiger partial charge is 0.356 e. The normalized spacial score (nSPS) is 15.1. The van der Waals surface area contributed by atoms with Crippen molar-refractivity contribution in [3.8, 4) is 0 Å². The van der Waals surface area contributed by atoms with E-state index in [0.717, 1.165) is 42.4 Å². The standard InChI is InChI=1S/C19H29ClN4O.HI/c1-21-19(23-12-11-15-7-5-6-10-17(15)20)24-14-13-22-18(25)16-8-3-2-4-9-16;/h5-7,10,16H,2-4,8-9,11-14H2,1H3,(H,22,25)(H2,21,23,24);1H. The van der Waals surface area contributed by atoms with Crippen molar-refractivity contribution in [2.24, 2.45) is 10.9 Å². The number of hydrogen-bond donors (Lipinski definition) is 3. The number of aliphatic imine (C=N–C) groups is 1. The van der Waals surface area contributed by atoms with E-state index in [9.17, 15) is 4.79 Å². The summed E-state index contributed by atoms with van der Waals surface area (Å²) in [7, 11) is 1.74. The molecule has 0 aromatic heterocycles. The van der Waals surface area contributed by atoms with E-state index in [2.05, 4.69) is 20.9 Å². The van der Waals surface area contributed by atoms with Crippen molar-refractivity contribution in [3.05, 3.63) is 34.9 Å². The molecule has 3 N–H and O–H groups in total. The van der Waals surface area contributed by atoms with Gasteiger partial charge in [0.2, 0.25) is 5.91 Å².